The number of benzene rings is 2. The first kappa shape index (κ1) is 23.8. The van der Waals surface area contributed by atoms with E-state index >= 15 is 0 Å². The molecule has 0 aliphatic carbocycles. The summed E-state index contributed by atoms with van der Waals surface area (Å²) in [5.74, 6) is -0.0646. The standard InChI is InChI=1S/C24H25FN2O6S/c25-21-6-2-1-5-20(21)22-15-17(12-14-32-24(26)28)16-27(22)34(29,30)19-10-8-18(9-11-19)33-23-7-3-4-13-31-23/h1-2,5-6,8-11,15-16,23H,3-4,7,12-14H2,(H2,26,28). The zero-order valence-corrected chi connectivity index (χ0v) is 19.2. The van der Waals surface area contributed by atoms with E-state index in [0.717, 1.165) is 23.2 Å². The van der Waals surface area contributed by atoms with Crippen LogP contribution in [-0.4, -0.2) is 38.0 Å². The molecule has 1 amide bonds. The van der Waals surface area contributed by atoms with E-state index < -0.39 is 21.9 Å². The summed E-state index contributed by atoms with van der Waals surface area (Å²) in [7, 11) is -4.07. The van der Waals surface area contributed by atoms with Crippen molar-refractivity contribution in [1.82, 2.24) is 3.97 Å². The largest absolute Gasteiger partial charge is 0.465 e. The van der Waals surface area contributed by atoms with Crippen molar-refractivity contribution in [3.63, 3.8) is 0 Å². The number of aromatic nitrogens is 1. The second kappa shape index (κ2) is 10.3. The van der Waals surface area contributed by atoms with Crippen LogP contribution in [0.1, 0.15) is 24.8 Å². The van der Waals surface area contributed by atoms with Crippen molar-refractivity contribution in [3.05, 3.63) is 72.2 Å². The Bertz CT molecular complexity index is 1250. The molecule has 1 unspecified atom stereocenters. The molecule has 0 saturated carbocycles. The highest BCUT2D eigenvalue weighted by Crippen LogP contribution is 2.30. The molecule has 1 atom stereocenters. The lowest BCUT2D eigenvalue weighted by Gasteiger charge is -2.23. The molecule has 180 valence electrons. The smallest absolute Gasteiger partial charge is 0.404 e. The third-order valence-electron chi connectivity index (χ3n) is 5.41. The van der Waals surface area contributed by atoms with Gasteiger partial charge in [0.25, 0.3) is 10.0 Å². The molecule has 2 aromatic carbocycles. The number of hydrogen-bond donors (Lipinski definition) is 1. The van der Waals surface area contributed by atoms with Gasteiger partial charge in [0.15, 0.2) is 6.29 Å². The van der Waals surface area contributed by atoms with Gasteiger partial charge >= 0.3 is 6.09 Å². The number of halogens is 1. The molecule has 34 heavy (non-hydrogen) atoms. The number of carbonyl (C=O) groups is 1. The first-order chi connectivity index (χ1) is 16.3. The Morgan fingerprint density at radius 2 is 1.91 bits per heavy atom. The number of hydrogen-bond acceptors (Lipinski definition) is 6. The highest BCUT2D eigenvalue weighted by atomic mass is 32.2. The number of amides is 1. The van der Waals surface area contributed by atoms with Crippen molar-refractivity contribution < 1.29 is 31.8 Å². The van der Waals surface area contributed by atoms with E-state index in [1.165, 1.54) is 36.5 Å². The van der Waals surface area contributed by atoms with E-state index in [2.05, 4.69) is 0 Å². The third-order valence-corrected chi connectivity index (χ3v) is 7.10. The van der Waals surface area contributed by atoms with E-state index in [9.17, 15) is 17.6 Å². The molecular formula is C24H25FN2O6S. The van der Waals surface area contributed by atoms with E-state index in [1.54, 1.807) is 24.3 Å². The Balaban J connectivity index is 1.64. The number of nitrogens with two attached hydrogens (primary N) is 1. The first-order valence-corrected chi connectivity index (χ1v) is 12.3. The van der Waals surface area contributed by atoms with Gasteiger partial charge in [-0.2, -0.15) is 0 Å². The lowest BCUT2D eigenvalue weighted by molar-refractivity contribution is -0.105. The zero-order valence-electron chi connectivity index (χ0n) is 18.4. The van der Waals surface area contributed by atoms with Gasteiger partial charge in [-0.05, 0) is 60.9 Å². The maximum Gasteiger partial charge on any atom is 0.404 e. The summed E-state index contributed by atoms with van der Waals surface area (Å²) >= 11 is 0. The van der Waals surface area contributed by atoms with Crippen LogP contribution in [0, 0.1) is 5.82 Å². The average molecular weight is 489 g/mol. The number of ether oxygens (including phenoxy) is 3. The highest BCUT2D eigenvalue weighted by Gasteiger charge is 2.24. The lowest BCUT2D eigenvalue weighted by Crippen LogP contribution is -2.25. The Labute approximate surface area is 197 Å². The van der Waals surface area contributed by atoms with E-state index in [-0.39, 0.29) is 35.5 Å². The molecule has 2 N–H and O–H groups in total. The van der Waals surface area contributed by atoms with Gasteiger partial charge < -0.3 is 19.9 Å². The molecular weight excluding hydrogens is 463 g/mol. The molecule has 1 saturated heterocycles. The van der Waals surface area contributed by atoms with Gasteiger partial charge in [-0.25, -0.2) is 21.6 Å². The van der Waals surface area contributed by atoms with Gasteiger partial charge in [-0.3, -0.25) is 0 Å². The van der Waals surface area contributed by atoms with Crippen LogP contribution in [0.5, 0.6) is 5.75 Å². The van der Waals surface area contributed by atoms with Gasteiger partial charge in [0.1, 0.15) is 11.6 Å². The topological polar surface area (TPSA) is 110 Å². The summed E-state index contributed by atoms with van der Waals surface area (Å²) in [6.07, 6.45) is 3.10. The molecule has 8 nitrogen and oxygen atoms in total. The van der Waals surface area contributed by atoms with Crippen LogP contribution in [0.15, 0.2) is 65.7 Å². The average Bonchev–Trinajstić information content (AvgIpc) is 3.25. The van der Waals surface area contributed by atoms with Crippen molar-refractivity contribution in [2.24, 2.45) is 5.73 Å². The molecule has 1 aliphatic rings. The minimum atomic E-state index is -4.07. The summed E-state index contributed by atoms with van der Waals surface area (Å²) in [5.41, 5.74) is 5.81. The summed E-state index contributed by atoms with van der Waals surface area (Å²) < 4.78 is 58.7. The van der Waals surface area contributed by atoms with Crippen molar-refractivity contribution in [1.29, 1.82) is 0 Å². The van der Waals surface area contributed by atoms with Gasteiger partial charge in [0, 0.05) is 24.6 Å². The van der Waals surface area contributed by atoms with E-state index in [1.807, 2.05) is 0 Å². The maximum atomic E-state index is 14.6. The summed E-state index contributed by atoms with van der Waals surface area (Å²) in [6, 6.07) is 13.5. The van der Waals surface area contributed by atoms with Gasteiger partial charge in [0.05, 0.1) is 23.8 Å². The van der Waals surface area contributed by atoms with Crippen molar-refractivity contribution in [3.8, 4) is 17.0 Å². The zero-order chi connectivity index (χ0) is 24.1. The SMILES string of the molecule is NC(=O)OCCc1cc(-c2ccccc2F)n(S(=O)(=O)c2ccc(OC3CCCCO3)cc2)c1. The van der Waals surface area contributed by atoms with Crippen LogP contribution in [0.3, 0.4) is 0 Å². The Morgan fingerprint density at radius 3 is 2.59 bits per heavy atom. The second-order valence-electron chi connectivity index (χ2n) is 7.82. The van der Waals surface area contributed by atoms with Crippen LogP contribution in [-0.2, 0) is 25.9 Å². The predicted octanol–water partition coefficient (Wildman–Crippen LogP) is 4.07. The van der Waals surface area contributed by atoms with Crippen LogP contribution in [0.4, 0.5) is 9.18 Å². The molecule has 1 fully saturated rings. The Hall–Kier alpha value is -3.37. The summed E-state index contributed by atoms with van der Waals surface area (Å²) in [6.45, 7) is 0.599. The number of nitrogens with zero attached hydrogens (tertiary/aromatic N) is 1. The van der Waals surface area contributed by atoms with Crippen molar-refractivity contribution in [2.45, 2.75) is 36.9 Å². The molecule has 1 aliphatic heterocycles. The fourth-order valence-corrected chi connectivity index (χ4v) is 5.12. The molecule has 1 aromatic heterocycles. The van der Waals surface area contributed by atoms with Gasteiger partial charge in [-0.1, -0.05) is 12.1 Å². The quantitative estimate of drug-likeness (QED) is 0.512. The number of primary amides is 1. The molecule has 4 rings (SSSR count). The van der Waals surface area contributed by atoms with Crippen LogP contribution >= 0.6 is 0 Å². The normalized spacial score (nSPS) is 16.2. The molecule has 3 aromatic rings. The van der Waals surface area contributed by atoms with E-state index in [4.69, 9.17) is 19.9 Å². The molecule has 0 radical (unpaired) electrons. The summed E-state index contributed by atoms with van der Waals surface area (Å²) in [4.78, 5) is 10.9. The highest BCUT2D eigenvalue weighted by molar-refractivity contribution is 7.90. The van der Waals surface area contributed by atoms with Gasteiger partial charge in [-0.15, -0.1) is 0 Å². The van der Waals surface area contributed by atoms with Crippen LogP contribution in [0.2, 0.25) is 0 Å². The monoisotopic (exact) mass is 488 g/mol. The molecule has 0 bridgehead atoms. The first-order valence-electron chi connectivity index (χ1n) is 10.9. The lowest BCUT2D eigenvalue weighted by atomic mass is 10.1. The number of rotatable bonds is 8. The number of carbonyl (C=O) groups excluding carboxylic acids is 1. The van der Waals surface area contributed by atoms with Crippen LogP contribution < -0.4 is 10.5 Å². The summed E-state index contributed by atoms with van der Waals surface area (Å²) in [5, 5.41) is 0. The minimum absolute atomic E-state index is 0.0116. The molecule has 2 heterocycles. The van der Waals surface area contributed by atoms with Crippen LogP contribution in [0.25, 0.3) is 11.3 Å². The second-order valence-corrected chi connectivity index (χ2v) is 9.63. The van der Waals surface area contributed by atoms with E-state index in [0.29, 0.717) is 17.9 Å². The van der Waals surface area contributed by atoms with Crippen molar-refractivity contribution >= 4 is 16.1 Å². The Kier molecular flexibility index (Phi) is 7.18. The fraction of sp³-hybridized carbons (Fsp3) is 0.292. The molecule has 10 heteroatoms. The maximum absolute atomic E-state index is 14.6. The Morgan fingerprint density at radius 1 is 1.15 bits per heavy atom. The molecule has 0 spiro atoms. The van der Waals surface area contributed by atoms with Gasteiger partial charge in [0.2, 0.25) is 0 Å². The predicted molar refractivity (Wildman–Crippen MR) is 122 cm³/mol. The minimum Gasteiger partial charge on any atom is -0.465 e. The van der Waals surface area contributed by atoms with Crippen molar-refractivity contribution in [2.75, 3.05) is 13.2 Å². The fourth-order valence-electron chi connectivity index (χ4n) is 3.73. The third kappa shape index (κ3) is 5.40.